The minimum absolute atomic E-state index is 0.0734. The molecule has 0 radical (unpaired) electrons. The molecule has 8 heteroatoms. The van der Waals surface area contributed by atoms with Gasteiger partial charge in [0.1, 0.15) is 10.8 Å². The van der Waals surface area contributed by atoms with Gasteiger partial charge in [-0.25, -0.2) is 9.97 Å². The number of ether oxygens (including phenoxy) is 2. The van der Waals surface area contributed by atoms with E-state index in [2.05, 4.69) is 23.7 Å². The summed E-state index contributed by atoms with van der Waals surface area (Å²) in [5.41, 5.74) is 7.37. The summed E-state index contributed by atoms with van der Waals surface area (Å²) >= 11 is 1.45. The van der Waals surface area contributed by atoms with Crippen LogP contribution in [0, 0.1) is 0 Å². The quantitative estimate of drug-likeness (QED) is 0.772. The van der Waals surface area contributed by atoms with Gasteiger partial charge in [0, 0.05) is 25.6 Å². The average molecular weight is 391 g/mol. The van der Waals surface area contributed by atoms with Crippen LogP contribution < -0.4 is 10.6 Å². The zero-order valence-electron chi connectivity index (χ0n) is 15.9. The average Bonchev–Trinajstić information content (AvgIpc) is 3.10. The summed E-state index contributed by atoms with van der Waals surface area (Å²) in [5.74, 6) is 0.845. The van der Waals surface area contributed by atoms with Crippen molar-refractivity contribution < 1.29 is 14.3 Å². The predicted molar refractivity (Wildman–Crippen MR) is 106 cm³/mol. The number of pyridine rings is 1. The fourth-order valence-corrected chi connectivity index (χ4v) is 3.97. The molecule has 0 bridgehead atoms. The van der Waals surface area contributed by atoms with Gasteiger partial charge >= 0.3 is 0 Å². The summed E-state index contributed by atoms with van der Waals surface area (Å²) in [4.78, 5) is 23.7. The molecule has 0 spiro atoms. The Morgan fingerprint density at radius 3 is 2.78 bits per heavy atom. The third-order valence-electron chi connectivity index (χ3n) is 4.38. The summed E-state index contributed by atoms with van der Waals surface area (Å²) < 4.78 is 10.7. The topological polar surface area (TPSA) is 90.6 Å². The highest BCUT2D eigenvalue weighted by Gasteiger charge is 2.23. The summed E-state index contributed by atoms with van der Waals surface area (Å²) in [5, 5.41) is 2.67. The molecular weight excluding hydrogens is 364 g/mol. The van der Waals surface area contributed by atoms with E-state index in [4.69, 9.17) is 20.2 Å². The maximum Gasteiger partial charge on any atom is 0.158 e. The largest absolute Gasteiger partial charge is 0.383 e. The summed E-state index contributed by atoms with van der Waals surface area (Å²) in [6, 6.07) is 5.32. The van der Waals surface area contributed by atoms with Gasteiger partial charge in [0.2, 0.25) is 0 Å². The molecule has 1 saturated heterocycles. The molecule has 3 heterocycles. The lowest BCUT2D eigenvalue weighted by molar-refractivity contribution is -0.120. The molecule has 27 heavy (non-hydrogen) atoms. The zero-order valence-corrected chi connectivity index (χ0v) is 16.7. The van der Waals surface area contributed by atoms with Crippen molar-refractivity contribution in [1.29, 1.82) is 0 Å². The van der Waals surface area contributed by atoms with E-state index in [1.807, 2.05) is 23.6 Å². The number of nitrogens with two attached hydrogens (primary N) is 1. The molecule has 146 valence electrons. The van der Waals surface area contributed by atoms with Gasteiger partial charge in [-0.2, -0.15) is 0 Å². The van der Waals surface area contributed by atoms with Crippen LogP contribution in [0.1, 0.15) is 18.9 Å². The maximum absolute atomic E-state index is 12.1. The Balaban J connectivity index is 1.72. The number of nitrogens with zero attached hydrogens (tertiary/aromatic N) is 3. The number of aromatic nitrogens is 2. The second kappa shape index (κ2) is 8.88. The van der Waals surface area contributed by atoms with Crippen LogP contribution in [0.4, 0.5) is 5.82 Å². The summed E-state index contributed by atoms with van der Waals surface area (Å²) in [6.45, 7) is 6.00. The lowest BCUT2D eigenvalue weighted by Gasteiger charge is -2.36. The van der Waals surface area contributed by atoms with E-state index in [1.54, 1.807) is 0 Å². The highest BCUT2D eigenvalue weighted by Crippen LogP contribution is 2.25. The van der Waals surface area contributed by atoms with Crippen LogP contribution in [0.5, 0.6) is 0 Å². The van der Waals surface area contributed by atoms with Crippen molar-refractivity contribution >= 4 is 22.9 Å². The number of hydrogen-bond acceptors (Lipinski definition) is 8. The molecule has 2 aromatic heterocycles. The van der Waals surface area contributed by atoms with Gasteiger partial charge in [-0.1, -0.05) is 6.07 Å². The molecule has 1 aliphatic rings. The van der Waals surface area contributed by atoms with E-state index in [9.17, 15) is 4.79 Å². The molecule has 0 aromatic carbocycles. The fraction of sp³-hybridized carbons (Fsp3) is 0.526. The van der Waals surface area contributed by atoms with Crippen molar-refractivity contribution in [3.05, 3.63) is 28.6 Å². The van der Waals surface area contributed by atoms with E-state index in [0.717, 1.165) is 35.3 Å². The Morgan fingerprint density at radius 2 is 2.07 bits per heavy atom. The number of ketones is 1. The lowest BCUT2D eigenvalue weighted by Crippen LogP contribution is -2.45. The standard InChI is InChI=1S/C19H26N4O3S/c1-12-8-23(9-13(2)26-12)18-6-4-5-15(21-18)16-11-27-19(22-16)7-17(24)14(20)10-25-3/h4-6,11-14H,7-10,20H2,1-3H3. The number of thiazole rings is 1. The number of anilines is 1. The molecule has 2 aromatic rings. The van der Waals surface area contributed by atoms with Crippen molar-refractivity contribution in [2.45, 2.75) is 38.5 Å². The maximum atomic E-state index is 12.1. The number of rotatable bonds is 7. The van der Waals surface area contributed by atoms with Crippen LogP contribution in [0.3, 0.4) is 0 Å². The molecule has 3 unspecified atom stereocenters. The van der Waals surface area contributed by atoms with Gasteiger partial charge in [0.05, 0.1) is 42.7 Å². The number of Topliss-reactive ketones (excluding diaryl/α,β-unsaturated/α-hetero) is 1. The molecule has 3 rings (SSSR count). The van der Waals surface area contributed by atoms with E-state index < -0.39 is 6.04 Å². The Morgan fingerprint density at radius 1 is 1.33 bits per heavy atom. The third-order valence-corrected chi connectivity index (χ3v) is 5.23. The van der Waals surface area contributed by atoms with E-state index in [0.29, 0.717) is 0 Å². The van der Waals surface area contributed by atoms with Gasteiger partial charge in [-0.05, 0) is 26.0 Å². The van der Waals surface area contributed by atoms with Crippen LogP contribution in [0.2, 0.25) is 0 Å². The number of morpholine rings is 1. The smallest absolute Gasteiger partial charge is 0.158 e. The van der Waals surface area contributed by atoms with Gasteiger partial charge in [0.15, 0.2) is 5.78 Å². The molecule has 0 aliphatic carbocycles. The second-order valence-electron chi connectivity index (χ2n) is 6.87. The normalized spacial score (nSPS) is 21.3. The SMILES string of the molecule is COCC(N)C(=O)Cc1nc(-c2cccc(N3CC(C)OC(C)C3)n2)cs1. The molecule has 2 N–H and O–H groups in total. The monoisotopic (exact) mass is 390 g/mol. The van der Waals surface area contributed by atoms with Crippen molar-refractivity contribution in [2.24, 2.45) is 5.73 Å². The first-order valence-corrected chi connectivity index (χ1v) is 9.93. The van der Waals surface area contributed by atoms with Crippen LogP contribution in [0.15, 0.2) is 23.6 Å². The summed E-state index contributed by atoms with van der Waals surface area (Å²) in [7, 11) is 1.53. The number of methoxy groups -OCH3 is 1. The second-order valence-corrected chi connectivity index (χ2v) is 7.82. The molecule has 3 atom stereocenters. The zero-order chi connectivity index (χ0) is 19.4. The predicted octanol–water partition coefficient (Wildman–Crippen LogP) is 1.90. The first-order chi connectivity index (χ1) is 13.0. The Bertz CT molecular complexity index is 772. The fourth-order valence-electron chi connectivity index (χ4n) is 3.17. The Kier molecular flexibility index (Phi) is 6.54. The summed E-state index contributed by atoms with van der Waals surface area (Å²) in [6.07, 6.45) is 0.563. The molecular formula is C19H26N4O3S. The van der Waals surface area contributed by atoms with Gasteiger partial charge < -0.3 is 20.1 Å². The lowest BCUT2D eigenvalue weighted by atomic mass is 10.1. The first kappa shape index (κ1) is 19.9. The number of carbonyl (C=O) groups is 1. The Labute approximate surface area is 163 Å². The molecule has 0 amide bonds. The van der Waals surface area contributed by atoms with E-state index in [1.165, 1.54) is 18.4 Å². The Hall–Kier alpha value is -1.87. The van der Waals surface area contributed by atoms with Gasteiger partial charge in [0.25, 0.3) is 0 Å². The first-order valence-electron chi connectivity index (χ1n) is 9.05. The molecule has 7 nitrogen and oxygen atoms in total. The van der Waals surface area contributed by atoms with Crippen molar-refractivity contribution in [3.63, 3.8) is 0 Å². The van der Waals surface area contributed by atoms with E-state index >= 15 is 0 Å². The number of hydrogen-bond donors (Lipinski definition) is 1. The van der Waals surface area contributed by atoms with Crippen molar-refractivity contribution in [3.8, 4) is 11.4 Å². The molecule has 0 saturated carbocycles. The highest BCUT2D eigenvalue weighted by atomic mass is 32.1. The minimum atomic E-state index is -0.617. The van der Waals surface area contributed by atoms with Crippen LogP contribution >= 0.6 is 11.3 Å². The van der Waals surface area contributed by atoms with Crippen LogP contribution in [-0.4, -0.2) is 60.8 Å². The van der Waals surface area contributed by atoms with Crippen molar-refractivity contribution in [2.75, 3.05) is 31.7 Å². The van der Waals surface area contributed by atoms with Crippen LogP contribution in [0.25, 0.3) is 11.4 Å². The van der Waals surface area contributed by atoms with Crippen molar-refractivity contribution in [1.82, 2.24) is 9.97 Å². The third kappa shape index (κ3) is 5.10. The minimum Gasteiger partial charge on any atom is -0.383 e. The molecule has 1 aliphatic heterocycles. The number of carbonyl (C=O) groups excluding carboxylic acids is 1. The highest BCUT2D eigenvalue weighted by molar-refractivity contribution is 7.10. The molecule has 1 fully saturated rings. The van der Waals surface area contributed by atoms with Crippen LogP contribution in [-0.2, 0) is 20.7 Å². The van der Waals surface area contributed by atoms with Gasteiger partial charge in [-0.3, -0.25) is 4.79 Å². The van der Waals surface area contributed by atoms with E-state index in [-0.39, 0.29) is 31.0 Å². The van der Waals surface area contributed by atoms with Gasteiger partial charge in [-0.15, -0.1) is 11.3 Å².